The third kappa shape index (κ3) is 4.68. The largest absolute Gasteiger partial charge is 0.358 e. The van der Waals surface area contributed by atoms with E-state index >= 15 is 0 Å². The second-order valence-electron chi connectivity index (χ2n) is 9.53. The van der Waals surface area contributed by atoms with Gasteiger partial charge in [0.25, 0.3) is 5.56 Å². The molecule has 2 aromatic carbocycles. The first-order valence-electron chi connectivity index (χ1n) is 12.5. The predicted octanol–water partition coefficient (Wildman–Crippen LogP) is 4.59. The minimum atomic E-state index is -0.224. The number of ketones is 1. The number of carbonyl (C=O) groups is 1. The first-order chi connectivity index (χ1) is 18.2. The Morgan fingerprint density at radius 3 is 2.49 bits per heavy atom. The molecule has 0 radical (unpaired) electrons. The molecule has 0 amide bonds. The molecule has 1 aliphatic rings. The van der Waals surface area contributed by atoms with Gasteiger partial charge in [0.1, 0.15) is 0 Å². The minimum absolute atomic E-state index is 0.000941. The van der Waals surface area contributed by atoms with E-state index in [1.165, 1.54) is 5.56 Å². The molecule has 7 nitrogen and oxygen atoms in total. The van der Waals surface area contributed by atoms with Crippen LogP contribution in [0.15, 0.2) is 96.2 Å². The van der Waals surface area contributed by atoms with Crippen molar-refractivity contribution in [2.45, 2.75) is 25.3 Å². The summed E-state index contributed by atoms with van der Waals surface area (Å²) >= 11 is 0. The third-order valence-electron chi connectivity index (χ3n) is 7.04. The van der Waals surface area contributed by atoms with E-state index in [0.29, 0.717) is 30.3 Å². The molecular weight excluding hydrogens is 462 g/mol. The highest BCUT2D eigenvalue weighted by atomic mass is 16.1. The molecule has 184 valence electrons. The molecule has 0 saturated carbocycles. The summed E-state index contributed by atoms with van der Waals surface area (Å²) in [5.74, 6) is 0.777. The molecule has 0 atom stereocenters. The summed E-state index contributed by atoms with van der Waals surface area (Å²) in [6.07, 6.45) is 6.18. The molecule has 0 spiro atoms. The number of rotatable bonds is 8. The normalized spacial score (nSPS) is 13.6. The first-order valence-corrected chi connectivity index (χ1v) is 12.5. The molecule has 3 aromatic heterocycles. The molecular formula is C30H27N5O2. The molecule has 0 aliphatic carbocycles. The van der Waals surface area contributed by atoms with Crippen LogP contribution in [0.1, 0.15) is 23.6 Å². The maximum atomic E-state index is 13.7. The van der Waals surface area contributed by atoms with Crippen LogP contribution in [0.5, 0.6) is 0 Å². The van der Waals surface area contributed by atoms with Crippen molar-refractivity contribution in [1.82, 2.24) is 19.5 Å². The van der Waals surface area contributed by atoms with Crippen LogP contribution in [-0.2, 0) is 17.8 Å². The number of carbonyl (C=O) groups excluding carboxylic acids is 1. The smallest absolute Gasteiger partial charge is 0.294 e. The van der Waals surface area contributed by atoms with Gasteiger partial charge in [0.2, 0.25) is 0 Å². The molecule has 0 unspecified atom stereocenters. The van der Waals surface area contributed by atoms with Gasteiger partial charge < -0.3 is 9.88 Å². The number of benzene rings is 2. The maximum absolute atomic E-state index is 13.7. The van der Waals surface area contributed by atoms with Gasteiger partial charge in [0, 0.05) is 54.4 Å². The van der Waals surface area contributed by atoms with Crippen LogP contribution in [0, 0.1) is 0 Å². The van der Waals surface area contributed by atoms with E-state index in [1.807, 2.05) is 65.6 Å². The van der Waals surface area contributed by atoms with Crippen molar-refractivity contribution in [3.8, 4) is 11.3 Å². The van der Waals surface area contributed by atoms with Gasteiger partial charge in [-0.3, -0.25) is 19.1 Å². The lowest BCUT2D eigenvalue weighted by Gasteiger charge is -2.40. The molecule has 1 N–H and O–H groups in total. The number of aromatic nitrogens is 4. The molecule has 1 aliphatic heterocycles. The maximum Gasteiger partial charge on any atom is 0.294 e. The quantitative estimate of drug-likeness (QED) is 0.345. The van der Waals surface area contributed by atoms with E-state index in [4.69, 9.17) is 0 Å². The first kappa shape index (κ1) is 22.9. The topological polar surface area (TPSA) is 83.9 Å². The van der Waals surface area contributed by atoms with Crippen LogP contribution in [0.25, 0.3) is 22.2 Å². The number of fused-ring (bicyclic) bond motifs is 1. The van der Waals surface area contributed by atoms with E-state index < -0.39 is 0 Å². The Labute approximate surface area is 214 Å². The van der Waals surface area contributed by atoms with Crippen LogP contribution < -0.4 is 10.5 Å². The Bertz CT molecular complexity index is 1570. The number of nitrogens with zero attached hydrogens (tertiary/aromatic N) is 4. The number of anilines is 1. The van der Waals surface area contributed by atoms with E-state index in [-0.39, 0.29) is 17.9 Å². The third-order valence-corrected chi connectivity index (χ3v) is 7.04. The molecule has 5 aromatic rings. The van der Waals surface area contributed by atoms with Gasteiger partial charge in [-0.15, -0.1) is 0 Å². The molecule has 4 heterocycles. The number of pyridine rings is 1. The Morgan fingerprint density at radius 2 is 1.73 bits per heavy atom. The summed E-state index contributed by atoms with van der Waals surface area (Å²) < 4.78 is 1.59. The van der Waals surface area contributed by atoms with Crippen LogP contribution in [0.4, 0.5) is 5.82 Å². The SMILES string of the molecule is O=C(CCc1cc2cnccc2[nH]1)Cn1c(-c2ccccc2)cnc(N2CC(c3ccccc3)C2)c1=O. The standard InChI is InChI=1S/C30H27N5O2/c36-26(12-11-25-15-23-16-31-14-13-27(23)33-25)20-35-28(22-9-5-2-6-10-22)17-32-29(30(35)37)34-18-24(19-34)21-7-3-1-4-8-21/h1-10,13-17,24,33H,11-12,18-20H2. The fourth-order valence-electron chi connectivity index (χ4n) is 4.97. The number of aryl methyl sites for hydroxylation is 1. The molecule has 37 heavy (non-hydrogen) atoms. The Hall–Kier alpha value is -4.52. The average molecular weight is 490 g/mol. The highest BCUT2D eigenvalue weighted by Gasteiger charge is 2.31. The lowest BCUT2D eigenvalue weighted by atomic mass is 9.91. The highest BCUT2D eigenvalue weighted by Crippen LogP contribution is 2.29. The number of H-pyrrole nitrogens is 1. The summed E-state index contributed by atoms with van der Waals surface area (Å²) in [7, 11) is 0. The van der Waals surface area contributed by atoms with Crippen molar-refractivity contribution >= 4 is 22.5 Å². The van der Waals surface area contributed by atoms with Crippen molar-refractivity contribution < 1.29 is 4.79 Å². The molecule has 1 fully saturated rings. The number of Topliss-reactive ketones (excluding diaryl/α,β-unsaturated/α-hetero) is 1. The van der Waals surface area contributed by atoms with Gasteiger partial charge in [-0.1, -0.05) is 60.7 Å². The lowest BCUT2D eigenvalue weighted by molar-refractivity contribution is -0.119. The van der Waals surface area contributed by atoms with Crippen LogP contribution in [-0.4, -0.2) is 38.4 Å². The lowest BCUT2D eigenvalue weighted by Crippen LogP contribution is -2.48. The van der Waals surface area contributed by atoms with Gasteiger partial charge in [-0.2, -0.15) is 0 Å². The number of hydrogen-bond donors (Lipinski definition) is 1. The minimum Gasteiger partial charge on any atom is -0.358 e. The summed E-state index contributed by atoms with van der Waals surface area (Å²) in [5, 5.41) is 1.02. The van der Waals surface area contributed by atoms with Crippen molar-refractivity contribution in [2.75, 3.05) is 18.0 Å². The van der Waals surface area contributed by atoms with Gasteiger partial charge in [0.15, 0.2) is 11.6 Å². The zero-order chi connectivity index (χ0) is 25.2. The van der Waals surface area contributed by atoms with Crippen LogP contribution in [0.2, 0.25) is 0 Å². The second-order valence-corrected chi connectivity index (χ2v) is 9.53. The van der Waals surface area contributed by atoms with Crippen LogP contribution in [0.3, 0.4) is 0 Å². The number of nitrogens with one attached hydrogen (secondary N) is 1. The van der Waals surface area contributed by atoms with Gasteiger partial charge >= 0.3 is 0 Å². The molecule has 0 bridgehead atoms. The summed E-state index contributed by atoms with van der Waals surface area (Å²) in [6, 6.07) is 23.9. The predicted molar refractivity (Wildman–Crippen MR) is 145 cm³/mol. The van der Waals surface area contributed by atoms with Crippen molar-refractivity contribution in [1.29, 1.82) is 0 Å². The van der Waals surface area contributed by atoms with Gasteiger partial charge in [0.05, 0.1) is 18.4 Å². The van der Waals surface area contributed by atoms with E-state index in [1.54, 1.807) is 23.2 Å². The number of hydrogen-bond acceptors (Lipinski definition) is 5. The fourth-order valence-corrected chi connectivity index (χ4v) is 4.97. The second kappa shape index (κ2) is 9.85. The van der Waals surface area contributed by atoms with E-state index in [0.717, 1.165) is 35.2 Å². The van der Waals surface area contributed by atoms with Gasteiger partial charge in [-0.05, 0) is 29.7 Å². The van der Waals surface area contributed by atoms with Crippen LogP contribution >= 0.6 is 0 Å². The average Bonchev–Trinajstić information content (AvgIpc) is 3.33. The van der Waals surface area contributed by atoms with E-state index in [9.17, 15) is 9.59 Å². The van der Waals surface area contributed by atoms with Crippen molar-refractivity contribution in [3.63, 3.8) is 0 Å². The highest BCUT2D eigenvalue weighted by molar-refractivity contribution is 5.81. The zero-order valence-corrected chi connectivity index (χ0v) is 20.4. The summed E-state index contributed by atoms with van der Waals surface area (Å²) in [5.41, 5.74) is 4.54. The monoisotopic (exact) mass is 489 g/mol. The van der Waals surface area contributed by atoms with Crippen molar-refractivity contribution in [3.05, 3.63) is 113 Å². The Balaban J connectivity index is 1.23. The number of aromatic amines is 1. The molecule has 1 saturated heterocycles. The zero-order valence-electron chi connectivity index (χ0n) is 20.4. The fraction of sp³-hybridized carbons (Fsp3) is 0.200. The summed E-state index contributed by atoms with van der Waals surface area (Å²) in [6.45, 7) is 1.48. The molecule has 7 heteroatoms. The summed E-state index contributed by atoms with van der Waals surface area (Å²) in [4.78, 5) is 40.8. The van der Waals surface area contributed by atoms with E-state index in [2.05, 4.69) is 27.1 Å². The molecule has 6 rings (SSSR count). The van der Waals surface area contributed by atoms with Crippen molar-refractivity contribution in [2.24, 2.45) is 0 Å². The Morgan fingerprint density at radius 1 is 0.973 bits per heavy atom. The van der Waals surface area contributed by atoms with Gasteiger partial charge in [-0.25, -0.2) is 4.98 Å². The Kier molecular flexibility index (Phi) is 6.10.